The van der Waals surface area contributed by atoms with Crippen molar-refractivity contribution in [3.05, 3.63) is 95.2 Å². The lowest BCUT2D eigenvalue weighted by Crippen LogP contribution is -2.29. The lowest BCUT2D eigenvalue weighted by Gasteiger charge is -2.29. The molecule has 0 bridgehead atoms. The number of hydrogen-bond donors (Lipinski definition) is 2. The van der Waals surface area contributed by atoms with Gasteiger partial charge in [-0.25, -0.2) is 4.98 Å². The maximum absolute atomic E-state index is 12.4. The second kappa shape index (κ2) is 11.4. The normalized spacial score (nSPS) is 16.6. The molecule has 3 aromatic heterocycles. The molecule has 10 heteroatoms. The average Bonchev–Trinajstić information content (AvgIpc) is 3.44. The highest BCUT2D eigenvalue weighted by atomic mass is 32.1. The third kappa shape index (κ3) is 5.15. The molecule has 0 saturated carbocycles. The van der Waals surface area contributed by atoms with Crippen molar-refractivity contribution in [3.8, 4) is 11.6 Å². The van der Waals surface area contributed by atoms with Gasteiger partial charge in [-0.3, -0.25) is 9.78 Å². The number of rotatable bonds is 8. The van der Waals surface area contributed by atoms with Crippen molar-refractivity contribution in [1.82, 2.24) is 19.9 Å². The summed E-state index contributed by atoms with van der Waals surface area (Å²) < 4.78 is 12.7. The maximum Gasteiger partial charge on any atom is 0.250 e. The van der Waals surface area contributed by atoms with Gasteiger partial charge in [0.15, 0.2) is 5.11 Å². The van der Waals surface area contributed by atoms with Gasteiger partial charge in [-0.1, -0.05) is 12.1 Å². The van der Waals surface area contributed by atoms with Crippen LogP contribution in [0.15, 0.2) is 67.0 Å². The summed E-state index contributed by atoms with van der Waals surface area (Å²) in [5, 5.41) is 6.95. The molecule has 0 aliphatic carbocycles. The lowest BCUT2D eigenvalue weighted by atomic mass is 9.96. The Bertz CT molecular complexity index is 1540. The highest BCUT2D eigenvalue weighted by Gasteiger charge is 2.42. The average molecular weight is 557 g/mol. The Hall–Kier alpha value is -4.28. The standard InChI is InChI=1S/C30H32N6O3S/c1-18-9-12-26(32-16-18)35-19(2)14-22(20(35)3)29-28(23-8-6-7-13-31-23)34-30(40)36(29)21-10-11-25(39-5)24(15-21)33-27(37)17-38-4/h6-16,28-29H,17H2,1-5H3,(H,33,37)(H,34,40)/t28-,29-/m1/s1. The minimum absolute atomic E-state index is 0.0690. The summed E-state index contributed by atoms with van der Waals surface area (Å²) in [4.78, 5) is 23.8. The molecule has 5 rings (SSSR count). The van der Waals surface area contributed by atoms with Crippen molar-refractivity contribution < 1.29 is 14.3 Å². The van der Waals surface area contributed by atoms with Crippen LogP contribution in [0.4, 0.5) is 11.4 Å². The topological polar surface area (TPSA) is 93.5 Å². The first-order valence-electron chi connectivity index (χ1n) is 12.9. The fraction of sp³-hybridized carbons (Fsp3) is 0.267. The number of carbonyl (C=O) groups excluding carboxylic acids is 1. The number of hydrogen-bond acceptors (Lipinski definition) is 6. The minimum atomic E-state index is -0.280. The van der Waals surface area contributed by atoms with E-state index in [1.165, 1.54) is 7.11 Å². The summed E-state index contributed by atoms with van der Waals surface area (Å²) in [7, 11) is 3.05. The molecule has 0 spiro atoms. The van der Waals surface area contributed by atoms with Crippen LogP contribution in [-0.2, 0) is 9.53 Å². The first-order chi connectivity index (χ1) is 19.3. The predicted molar refractivity (Wildman–Crippen MR) is 159 cm³/mol. The van der Waals surface area contributed by atoms with Gasteiger partial charge in [0, 0.05) is 36.6 Å². The fourth-order valence-corrected chi connectivity index (χ4v) is 5.59. The molecule has 1 aliphatic heterocycles. The van der Waals surface area contributed by atoms with E-state index >= 15 is 0 Å². The zero-order valence-electron chi connectivity index (χ0n) is 23.1. The monoisotopic (exact) mass is 556 g/mol. The lowest BCUT2D eigenvalue weighted by molar-refractivity contribution is -0.119. The third-order valence-corrected chi connectivity index (χ3v) is 7.34. The van der Waals surface area contributed by atoms with Crippen molar-refractivity contribution in [2.45, 2.75) is 32.9 Å². The molecular weight excluding hydrogens is 524 g/mol. The number of amides is 1. The second-order valence-electron chi connectivity index (χ2n) is 9.72. The molecule has 1 saturated heterocycles. The number of pyridine rings is 2. The number of carbonyl (C=O) groups is 1. The number of anilines is 2. The molecule has 4 aromatic rings. The number of ether oxygens (including phenoxy) is 2. The summed E-state index contributed by atoms with van der Waals surface area (Å²) in [5.74, 6) is 1.11. The highest BCUT2D eigenvalue weighted by Crippen LogP contribution is 2.45. The van der Waals surface area contributed by atoms with Crippen LogP contribution in [0.5, 0.6) is 5.75 Å². The SMILES string of the molecule is COCC(=O)Nc1cc(N2C(=S)N[C@H](c3ccccn3)[C@H]2c2cc(C)n(-c3ccc(C)cn3)c2C)ccc1OC. The molecule has 4 heterocycles. The van der Waals surface area contributed by atoms with Crippen molar-refractivity contribution in [2.24, 2.45) is 0 Å². The minimum Gasteiger partial charge on any atom is -0.495 e. The zero-order chi connectivity index (χ0) is 28.4. The summed E-state index contributed by atoms with van der Waals surface area (Å²) in [6.07, 6.45) is 3.66. The van der Waals surface area contributed by atoms with Crippen LogP contribution in [0.3, 0.4) is 0 Å². The van der Waals surface area contributed by atoms with Crippen LogP contribution in [0.25, 0.3) is 5.82 Å². The van der Waals surface area contributed by atoms with Gasteiger partial charge in [-0.15, -0.1) is 0 Å². The molecule has 2 N–H and O–H groups in total. The summed E-state index contributed by atoms with van der Waals surface area (Å²) in [6, 6.07) is 17.3. The molecule has 9 nitrogen and oxygen atoms in total. The Balaban J connectivity index is 1.64. The Morgan fingerprint density at radius 1 is 1.07 bits per heavy atom. The fourth-order valence-electron chi connectivity index (χ4n) is 5.24. The van der Waals surface area contributed by atoms with Gasteiger partial charge in [0.25, 0.3) is 0 Å². The van der Waals surface area contributed by atoms with E-state index in [0.717, 1.165) is 39.7 Å². The first kappa shape index (κ1) is 27.3. The Morgan fingerprint density at radius 3 is 2.58 bits per heavy atom. The van der Waals surface area contributed by atoms with Gasteiger partial charge in [0.2, 0.25) is 5.91 Å². The van der Waals surface area contributed by atoms with Gasteiger partial charge in [-0.05, 0) is 86.6 Å². The van der Waals surface area contributed by atoms with Crippen molar-refractivity contribution in [1.29, 1.82) is 0 Å². The van der Waals surface area contributed by atoms with Crippen LogP contribution in [0.1, 0.15) is 40.3 Å². The molecule has 2 atom stereocenters. The smallest absolute Gasteiger partial charge is 0.250 e. The Morgan fingerprint density at radius 2 is 1.90 bits per heavy atom. The summed E-state index contributed by atoms with van der Waals surface area (Å²) in [5.41, 5.74) is 6.50. The third-order valence-electron chi connectivity index (χ3n) is 7.02. The van der Waals surface area contributed by atoms with Crippen LogP contribution < -0.4 is 20.3 Å². The van der Waals surface area contributed by atoms with E-state index in [1.807, 2.05) is 55.6 Å². The number of nitrogens with zero attached hydrogens (tertiary/aromatic N) is 4. The van der Waals surface area contributed by atoms with Gasteiger partial charge < -0.3 is 29.6 Å². The molecule has 1 amide bonds. The molecule has 1 aliphatic rings. The number of aryl methyl sites for hydroxylation is 2. The van der Waals surface area contributed by atoms with E-state index in [9.17, 15) is 4.79 Å². The van der Waals surface area contributed by atoms with Gasteiger partial charge in [0.1, 0.15) is 18.2 Å². The largest absolute Gasteiger partial charge is 0.495 e. The molecule has 1 fully saturated rings. The van der Waals surface area contributed by atoms with Crippen LogP contribution in [0, 0.1) is 20.8 Å². The van der Waals surface area contributed by atoms with E-state index in [0.29, 0.717) is 16.5 Å². The van der Waals surface area contributed by atoms with Crippen molar-refractivity contribution >= 4 is 34.6 Å². The molecule has 1 aromatic carbocycles. The van der Waals surface area contributed by atoms with E-state index in [1.54, 1.807) is 13.3 Å². The van der Waals surface area contributed by atoms with E-state index in [4.69, 9.17) is 21.7 Å². The van der Waals surface area contributed by atoms with E-state index in [-0.39, 0.29) is 24.6 Å². The van der Waals surface area contributed by atoms with Crippen LogP contribution in [-0.4, -0.2) is 46.4 Å². The van der Waals surface area contributed by atoms with Crippen molar-refractivity contribution in [3.63, 3.8) is 0 Å². The molecule has 0 radical (unpaired) electrons. The maximum atomic E-state index is 12.4. The van der Waals surface area contributed by atoms with E-state index in [2.05, 4.69) is 56.0 Å². The Kier molecular flexibility index (Phi) is 7.81. The van der Waals surface area contributed by atoms with Gasteiger partial charge in [0.05, 0.1) is 30.6 Å². The summed E-state index contributed by atoms with van der Waals surface area (Å²) >= 11 is 5.93. The Labute approximate surface area is 239 Å². The van der Waals surface area contributed by atoms with Crippen LogP contribution in [0.2, 0.25) is 0 Å². The van der Waals surface area contributed by atoms with E-state index < -0.39 is 0 Å². The van der Waals surface area contributed by atoms with Crippen LogP contribution >= 0.6 is 12.2 Å². The number of methoxy groups -OCH3 is 2. The highest BCUT2D eigenvalue weighted by molar-refractivity contribution is 7.80. The summed E-state index contributed by atoms with van der Waals surface area (Å²) in [6.45, 7) is 6.14. The molecule has 206 valence electrons. The quantitative estimate of drug-likeness (QED) is 0.294. The number of nitrogens with one attached hydrogen (secondary N) is 2. The number of benzene rings is 1. The first-order valence-corrected chi connectivity index (χ1v) is 13.3. The number of aromatic nitrogens is 3. The van der Waals surface area contributed by atoms with Gasteiger partial charge in [-0.2, -0.15) is 0 Å². The molecular formula is C30H32N6O3S. The number of thiocarbonyl (C=S) groups is 1. The predicted octanol–water partition coefficient (Wildman–Crippen LogP) is 4.96. The molecule has 0 unspecified atom stereocenters. The van der Waals surface area contributed by atoms with Gasteiger partial charge >= 0.3 is 0 Å². The molecule has 40 heavy (non-hydrogen) atoms. The van der Waals surface area contributed by atoms with Crippen molar-refractivity contribution in [2.75, 3.05) is 31.0 Å². The zero-order valence-corrected chi connectivity index (χ0v) is 24.0. The second-order valence-corrected chi connectivity index (χ2v) is 10.1.